The smallest absolute Gasteiger partial charge is 0.390 e. The standard InChI is InChI=1S/C17H12Cl2FN9O3/c18-11-2-1-3-13(20)10(11)6-27-7-12(19)15(24-27)22-16(30)14-4-5-26(23-14)9-28-8-21-17(25-28)29(31)32/h1-5,7-8H,6,9H2,(H,22,24,30). The minimum atomic E-state index is -0.721. The SMILES string of the molecule is O=C(Nc1nn(Cc2c(F)cccc2Cl)cc1Cl)c1ccn(Cn2cnc([N+](=O)[O-])n2)n1. The van der Waals surface area contributed by atoms with Gasteiger partial charge in [0.15, 0.2) is 18.2 Å². The highest BCUT2D eigenvalue weighted by atomic mass is 35.5. The fraction of sp³-hybridized carbons (Fsp3) is 0.118. The van der Waals surface area contributed by atoms with Gasteiger partial charge in [0.1, 0.15) is 10.8 Å². The summed E-state index contributed by atoms with van der Waals surface area (Å²) in [6.07, 6.45) is 4.09. The van der Waals surface area contributed by atoms with E-state index >= 15 is 0 Å². The molecule has 0 aliphatic carbocycles. The van der Waals surface area contributed by atoms with Crippen LogP contribution in [0.2, 0.25) is 10.0 Å². The van der Waals surface area contributed by atoms with Crippen LogP contribution in [-0.2, 0) is 13.2 Å². The number of carbonyl (C=O) groups excluding carboxylic acids is 1. The molecule has 3 heterocycles. The fourth-order valence-electron chi connectivity index (χ4n) is 2.73. The van der Waals surface area contributed by atoms with Gasteiger partial charge in [-0.15, -0.1) is 0 Å². The van der Waals surface area contributed by atoms with Crippen LogP contribution in [0.4, 0.5) is 16.2 Å². The van der Waals surface area contributed by atoms with E-state index < -0.39 is 22.6 Å². The lowest BCUT2D eigenvalue weighted by atomic mass is 10.2. The first-order valence-electron chi connectivity index (χ1n) is 8.84. The van der Waals surface area contributed by atoms with Crippen LogP contribution in [0.5, 0.6) is 0 Å². The molecule has 0 saturated heterocycles. The van der Waals surface area contributed by atoms with Crippen molar-refractivity contribution in [3.8, 4) is 0 Å². The zero-order valence-corrected chi connectivity index (χ0v) is 17.4. The van der Waals surface area contributed by atoms with E-state index in [2.05, 4.69) is 25.6 Å². The summed E-state index contributed by atoms with van der Waals surface area (Å²) in [6, 6.07) is 5.77. The molecule has 0 fully saturated rings. The Kier molecular flexibility index (Phi) is 5.83. The lowest BCUT2D eigenvalue weighted by Gasteiger charge is -2.05. The number of hydrogen-bond acceptors (Lipinski definition) is 7. The first-order valence-corrected chi connectivity index (χ1v) is 9.60. The predicted octanol–water partition coefficient (Wildman–Crippen LogP) is 2.83. The summed E-state index contributed by atoms with van der Waals surface area (Å²) < 4.78 is 17.9. The quantitative estimate of drug-likeness (QED) is 0.317. The van der Waals surface area contributed by atoms with Gasteiger partial charge in [0.25, 0.3) is 5.91 Å². The average Bonchev–Trinajstić information content (AvgIpc) is 3.46. The Morgan fingerprint density at radius 1 is 1.12 bits per heavy atom. The molecule has 4 aromatic rings. The average molecular weight is 480 g/mol. The number of amides is 1. The van der Waals surface area contributed by atoms with Crippen LogP contribution in [-0.4, -0.2) is 45.2 Å². The zero-order chi connectivity index (χ0) is 22.8. The summed E-state index contributed by atoms with van der Waals surface area (Å²) in [4.78, 5) is 26.0. The first kappa shape index (κ1) is 21.4. The van der Waals surface area contributed by atoms with Crippen molar-refractivity contribution in [1.29, 1.82) is 0 Å². The van der Waals surface area contributed by atoms with E-state index in [1.54, 1.807) is 6.07 Å². The Labute approximate surface area is 188 Å². The molecule has 0 atom stereocenters. The monoisotopic (exact) mass is 479 g/mol. The summed E-state index contributed by atoms with van der Waals surface area (Å²) in [6.45, 7) is 0.0205. The van der Waals surface area contributed by atoms with Crippen molar-refractivity contribution in [2.45, 2.75) is 13.2 Å². The Bertz CT molecular complexity index is 1300. The first-order chi connectivity index (χ1) is 15.3. The molecule has 0 radical (unpaired) electrons. The number of nitrogens with zero attached hydrogens (tertiary/aromatic N) is 8. The summed E-state index contributed by atoms with van der Waals surface area (Å²) in [5.41, 5.74) is 0.278. The largest absolute Gasteiger partial charge is 0.491 e. The van der Waals surface area contributed by atoms with Crippen molar-refractivity contribution in [1.82, 2.24) is 34.3 Å². The van der Waals surface area contributed by atoms with E-state index in [0.717, 1.165) is 0 Å². The predicted molar refractivity (Wildman–Crippen MR) is 110 cm³/mol. The Morgan fingerprint density at radius 3 is 2.66 bits per heavy atom. The summed E-state index contributed by atoms with van der Waals surface area (Å²) >= 11 is 12.2. The van der Waals surface area contributed by atoms with E-state index in [0.29, 0.717) is 0 Å². The summed E-state index contributed by atoms with van der Waals surface area (Å²) in [5.74, 6) is -1.56. The maximum Gasteiger partial charge on any atom is 0.491 e. The Balaban J connectivity index is 1.43. The molecule has 12 nitrogen and oxygen atoms in total. The highest BCUT2D eigenvalue weighted by Crippen LogP contribution is 2.24. The Morgan fingerprint density at radius 2 is 1.94 bits per heavy atom. The molecule has 3 aromatic heterocycles. The molecule has 1 N–H and O–H groups in total. The second kappa shape index (κ2) is 8.72. The molecule has 164 valence electrons. The lowest BCUT2D eigenvalue weighted by Crippen LogP contribution is -2.16. The molecule has 0 aliphatic heterocycles. The summed E-state index contributed by atoms with van der Waals surface area (Å²) in [7, 11) is 0. The van der Waals surface area contributed by atoms with Crippen molar-refractivity contribution in [2.24, 2.45) is 0 Å². The summed E-state index contributed by atoms with van der Waals surface area (Å²) in [5, 5.41) is 25.5. The van der Waals surface area contributed by atoms with Crippen molar-refractivity contribution in [2.75, 3.05) is 5.32 Å². The normalized spacial score (nSPS) is 11.0. The van der Waals surface area contributed by atoms with Gasteiger partial charge in [-0.3, -0.25) is 9.48 Å². The third kappa shape index (κ3) is 4.58. The molecule has 0 unspecified atom stereocenters. The second-order valence-electron chi connectivity index (χ2n) is 6.40. The third-order valence-corrected chi connectivity index (χ3v) is 4.81. The third-order valence-electron chi connectivity index (χ3n) is 4.18. The number of hydrogen-bond donors (Lipinski definition) is 1. The van der Waals surface area contributed by atoms with Crippen LogP contribution in [0, 0.1) is 15.9 Å². The number of benzene rings is 1. The van der Waals surface area contributed by atoms with Gasteiger partial charge in [0.2, 0.25) is 6.33 Å². The van der Waals surface area contributed by atoms with Crippen LogP contribution in [0.25, 0.3) is 0 Å². The fourth-order valence-corrected chi connectivity index (χ4v) is 3.15. The molecule has 15 heteroatoms. The topological polar surface area (TPSA) is 139 Å². The molecule has 0 saturated carbocycles. The van der Waals surface area contributed by atoms with E-state index in [1.165, 1.54) is 51.0 Å². The maximum atomic E-state index is 14.0. The second-order valence-corrected chi connectivity index (χ2v) is 7.21. The van der Waals surface area contributed by atoms with Crippen LogP contribution in [0.3, 0.4) is 0 Å². The van der Waals surface area contributed by atoms with Gasteiger partial charge in [-0.05, 0) is 23.1 Å². The molecule has 32 heavy (non-hydrogen) atoms. The number of aromatic nitrogens is 7. The molecule has 0 spiro atoms. The van der Waals surface area contributed by atoms with Gasteiger partial charge < -0.3 is 15.4 Å². The van der Waals surface area contributed by atoms with Crippen molar-refractivity contribution in [3.05, 3.63) is 80.2 Å². The molecule has 1 aromatic carbocycles. The van der Waals surface area contributed by atoms with Gasteiger partial charge in [0.05, 0.1) is 6.54 Å². The number of nitrogens with one attached hydrogen (secondary N) is 1. The number of halogens is 3. The van der Waals surface area contributed by atoms with E-state index in [-0.39, 0.29) is 40.3 Å². The van der Waals surface area contributed by atoms with Crippen molar-refractivity contribution >= 4 is 40.9 Å². The van der Waals surface area contributed by atoms with Crippen LogP contribution in [0.15, 0.2) is 43.0 Å². The molecular formula is C17H12Cl2FN9O3. The van der Waals surface area contributed by atoms with Gasteiger partial charge in [0, 0.05) is 28.1 Å². The number of rotatable bonds is 7. The van der Waals surface area contributed by atoms with E-state index in [1.807, 2.05) is 0 Å². The number of nitro groups is 1. The van der Waals surface area contributed by atoms with Gasteiger partial charge in [-0.1, -0.05) is 34.3 Å². The van der Waals surface area contributed by atoms with Crippen molar-refractivity contribution in [3.63, 3.8) is 0 Å². The highest BCUT2D eigenvalue weighted by molar-refractivity contribution is 6.33. The number of anilines is 1. The van der Waals surface area contributed by atoms with Gasteiger partial charge in [-0.25, -0.2) is 9.07 Å². The van der Waals surface area contributed by atoms with E-state index in [9.17, 15) is 19.3 Å². The van der Waals surface area contributed by atoms with Crippen LogP contribution < -0.4 is 5.32 Å². The minimum Gasteiger partial charge on any atom is -0.390 e. The molecule has 0 bridgehead atoms. The highest BCUT2D eigenvalue weighted by Gasteiger charge is 2.17. The van der Waals surface area contributed by atoms with Crippen LogP contribution >= 0.6 is 23.2 Å². The Hall–Kier alpha value is -3.84. The van der Waals surface area contributed by atoms with Crippen LogP contribution in [0.1, 0.15) is 16.1 Å². The number of carbonyl (C=O) groups is 1. The van der Waals surface area contributed by atoms with Gasteiger partial charge in [-0.2, -0.15) is 14.9 Å². The lowest BCUT2D eigenvalue weighted by molar-refractivity contribution is -0.394. The molecule has 1 amide bonds. The van der Waals surface area contributed by atoms with E-state index in [4.69, 9.17) is 23.2 Å². The molecule has 0 aliphatic rings. The van der Waals surface area contributed by atoms with Gasteiger partial charge >= 0.3 is 5.95 Å². The maximum absolute atomic E-state index is 14.0. The molecular weight excluding hydrogens is 468 g/mol. The van der Waals surface area contributed by atoms with Crippen molar-refractivity contribution < 1.29 is 14.1 Å². The molecule has 4 rings (SSSR count). The minimum absolute atomic E-state index is 0.00685. The zero-order valence-electron chi connectivity index (χ0n) is 15.9.